The van der Waals surface area contributed by atoms with Gasteiger partial charge in [0.25, 0.3) is 0 Å². The number of carbonyl (C=O) groups excluding carboxylic acids is 1. The molecule has 1 aromatic rings. The van der Waals surface area contributed by atoms with E-state index in [0.717, 1.165) is 30.2 Å². The third kappa shape index (κ3) is 2.09. The van der Waals surface area contributed by atoms with Gasteiger partial charge in [0, 0.05) is 25.1 Å². The van der Waals surface area contributed by atoms with Gasteiger partial charge in [-0.15, -0.1) is 0 Å². The van der Waals surface area contributed by atoms with Crippen LogP contribution in [0.4, 0.5) is 0 Å². The first kappa shape index (κ1) is 11.6. The fourth-order valence-corrected chi connectivity index (χ4v) is 3.21. The Balaban J connectivity index is 1.62. The summed E-state index contributed by atoms with van der Waals surface area (Å²) in [6.45, 7) is 0.497. The van der Waals surface area contributed by atoms with Gasteiger partial charge in [0.2, 0.25) is 5.91 Å². The number of para-hydroxylation sites is 1. The van der Waals surface area contributed by atoms with Gasteiger partial charge in [-0.05, 0) is 37.2 Å². The Hall–Kier alpha value is -1.51. The second kappa shape index (κ2) is 4.30. The highest BCUT2D eigenvalue weighted by Gasteiger charge is 2.48. The van der Waals surface area contributed by atoms with Crippen LogP contribution >= 0.6 is 0 Å². The first-order chi connectivity index (χ1) is 8.65. The van der Waals surface area contributed by atoms with Crippen LogP contribution in [0.15, 0.2) is 24.3 Å². The second-order valence-corrected chi connectivity index (χ2v) is 5.75. The smallest absolute Gasteiger partial charge is 0.225 e. The maximum absolute atomic E-state index is 12.3. The van der Waals surface area contributed by atoms with Gasteiger partial charge in [0.05, 0.1) is 0 Å². The zero-order chi connectivity index (χ0) is 12.7. The molecule has 0 bridgehead atoms. The number of rotatable bonds is 3. The summed E-state index contributed by atoms with van der Waals surface area (Å²) in [5.74, 6) is 2.40. The minimum atomic E-state index is 0.226. The summed E-state index contributed by atoms with van der Waals surface area (Å²) in [5, 5.41) is 9.72. The molecule has 1 amide bonds. The van der Waals surface area contributed by atoms with Crippen molar-refractivity contribution in [3.8, 4) is 5.75 Å². The number of nitrogens with zero attached hydrogens (tertiary/aromatic N) is 1. The predicted molar refractivity (Wildman–Crippen MR) is 68.9 cm³/mol. The third-order valence-electron chi connectivity index (χ3n) is 4.37. The van der Waals surface area contributed by atoms with Crippen molar-refractivity contribution in [2.75, 3.05) is 7.05 Å². The molecule has 1 aromatic carbocycles. The van der Waals surface area contributed by atoms with E-state index in [9.17, 15) is 9.90 Å². The van der Waals surface area contributed by atoms with Gasteiger partial charge in [0.15, 0.2) is 0 Å². The maximum atomic E-state index is 12.3. The van der Waals surface area contributed by atoms with E-state index in [1.807, 2.05) is 19.2 Å². The quantitative estimate of drug-likeness (QED) is 0.888. The number of fused-ring (bicyclic) bond motifs is 1. The second-order valence-electron chi connectivity index (χ2n) is 5.75. The number of phenols is 1. The van der Waals surface area contributed by atoms with Crippen LogP contribution in [0, 0.1) is 17.8 Å². The number of hydrogen-bond donors (Lipinski definition) is 1. The Morgan fingerprint density at radius 3 is 2.61 bits per heavy atom. The standard InChI is InChI=1S/C15H19NO2/c1-16(9-10-4-2-3-5-14(10)17)15(18)13-7-11-6-12(11)8-13/h2-5,11-13,17H,6-9H2,1H3. The Labute approximate surface area is 107 Å². The first-order valence-corrected chi connectivity index (χ1v) is 6.67. The molecule has 18 heavy (non-hydrogen) atoms. The van der Waals surface area contributed by atoms with Crippen LogP contribution in [0.3, 0.4) is 0 Å². The Morgan fingerprint density at radius 1 is 1.28 bits per heavy atom. The lowest BCUT2D eigenvalue weighted by atomic mass is 10.0. The fourth-order valence-electron chi connectivity index (χ4n) is 3.21. The molecule has 3 rings (SSSR count). The van der Waals surface area contributed by atoms with E-state index in [0.29, 0.717) is 6.54 Å². The molecule has 2 atom stereocenters. The highest BCUT2D eigenvalue weighted by atomic mass is 16.3. The molecule has 1 N–H and O–H groups in total. The molecule has 3 heteroatoms. The summed E-state index contributed by atoms with van der Waals surface area (Å²) in [6, 6.07) is 7.22. The fraction of sp³-hybridized carbons (Fsp3) is 0.533. The van der Waals surface area contributed by atoms with Gasteiger partial charge in [-0.3, -0.25) is 4.79 Å². The molecule has 96 valence electrons. The molecule has 2 fully saturated rings. The van der Waals surface area contributed by atoms with Crippen LogP contribution in [-0.4, -0.2) is 23.0 Å². The van der Waals surface area contributed by atoms with Crippen molar-refractivity contribution >= 4 is 5.91 Å². The number of carbonyl (C=O) groups is 1. The summed E-state index contributed by atoms with van der Waals surface area (Å²) in [7, 11) is 1.83. The van der Waals surface area contributed by atoms with Crippen molar-refractivity contribution in [3.63, 3.8) is 0 Å². The van der Waals surface area contributed by atoms with Crippen LogP contribution in [-0.2, 0) is 11.3 Å². The Kier molecular flexibility index (Phi) is 2.77. The molecule has 0 spiro atoms. The molecule has 0 heterocycles. The minimum absolute atomic E-state index is 0.226. The van der Waals surface area contributed by atoms with Gasteiger partial charge in [-0.25, -0.2) is 0 Å². The lowest BCUT2D eigenvalue weighted by Gasteiger charge is -2.22. The predicted octanol–water partition coefficient (Wildman–Crippen LogP) is 2.40. The zero-order valence-corrected chi connectivity index (χ0v) is 10.7. The van der Waals surface area contributed by atoms with Crippen LogP contribution < -0.4 is 0 Å². The molecule has 0 saturated heterocycles. The summed E-state index contributed by atoms with van der Waals surface area (Å²) >= 11 is 0. The Morgan fingerprint density at radius 2 is 1.94 bits per heavy atom. The number of amides is 1. The average Bonchev–Trinajstić information content (AvgIpc) is 2.98. The van der Waals surface area contributed by atoms with Gasteiger partial charge >= 0.3 is 0 Å². The van der Waals surface area contributed by atoms with E-state index in [-0.39, 0.29) is 17.6 Å². The molecule has 0 aromatic heterocycles. The summed E-state index contributed by atoms with van der Waals surface area (Å²) in [6.07, 6.45) is 3.50. The summed E-state index contributed by atoms with van der Waals surface area (Å²) in [5.41, 5.74) is 0.816. The molecule has 0 radical (unpaired) electrons. The van der Waals surface area contributed by atoms with Crippen molar-refractivity contribution in [3.05, 3.63) is 29.8 Å². The van der Waals surface area contributed by atoms with Crippen LogP contribution in [0.5, 0.6) is 5.75 Å². The number of hydrogen-bond acceptors (Lipinski definition) is 2. The zero-order valence-electron chi connectivity index (χ0n) is 10.7. The summed E-state index contributed by atoms with van der Waals surface area (Å²) < 4.78 is 0. The number of benzene rings is 1. The van der Waals surface area contributed by atoms with Crippen molar-refractivity contribution in [2.45, 2.75) is 25.8 Å². The molecule has 0 aliphatic heterocycles. The van der Waals surface area contributed by atoms with E-state index in [2.05, 4.69) is 0 Å². The van der Waals surface area contributed by atoms with E-state index in [4.69, 9.17) is 0 Å². The maximum Gasteiger partial charge on any atom is 0.225 e. The Bertz CT molecular complexity index is 461. The summed E-state index contributed by atoms with van der Waals surface area (Å²) in [4.78, 5) is 14.0. The van der Waals surface area contributed by atoms with Crippen molar-refractivity contribution in [1.82, 2.24) is 4.90 Å². The lowest BCUT2D eigenvalue weighted by Crippen LogP contribution is -2.31. The molecule has 3 nitrogen and oxygen atoms in total. The molecule has 2 saturated carbocycles. The molecule has 2 aliphatic carbocycles. The molecular formula is C15H19NO2. The SMILES string of the molecule is CN(Cc1ccccc1O)C(=O)C1CC2CC2C1. The van der Waals surface area contributed by atoms with Crippen molar-refractivity contribution in [1.29, 1.82) is 0 Å². The van der Waals surface area contributed by atoms with E-state index >= 15 is 0 Å². The van der Waals surface area contributed by atoms with E-state index < -0.39 is 0 Å². The van der Waals surface area contributed by atoms with Crippen LogP contribution in [0.25, 0.3) is 0 Å². The first-order valence-electron chi connectivity index (χ1n) is 6.67. The normalized spacial score (nSPS) is 28.8. The average molecular weight is 245 g/mol. The molecule has 2 unspecified atom stereocenters. The minimum Gasteiger partial charge on any atom is -0.508 e. The largest absolute Gasteiger partial charge is 0.508 e. The van der Waals surface area contributed by atoms with Gasteiger partial charge in [-0.1, -0.05) is 18.2 Å². The number of phenolic OH excluding ortho intramolecular Hbond substituents is 1. The monoisotopic (exact) mass is 245 g/mol. The van der Waals surface area contributed by atoms with Crippen LogP contribution in [0.1, 0.15) is 24.8 Å². The highest BCUT2D eigenvalue weighted by Crippen LogP contribution is 2.54. The van der Waals surface area contributed by atoms with Gasteiger partial charge < -0.3 is 10.0 Å². The molecule has 2 aliphatic rings. The third-order valence-corrected chi connectivity index (χ3v) is 4.37. The topological polar surface area (TPSA) is 40.5 Å². The lowest BCUT2D eigenvalue weighted by molar-refractivity contribution is -0.134. The van der Waals surface area contributed by atoms with Crippen molar-refractivity contribution in [2.24, 2.45) is 17.8 Å². The van der Waals surface area contributed by atoms with Gasteiger partial charge in [0.1, 0.15) is 5.75 Å². The van der Waals surface area contributed by atoms with Gasteiger partial charge in [-0.2, -0.15) is 0 Å². The number of aromatic hydroxyl groups is 1. The van der Waals surface area contributed by atoms with Crippen molar-refractivity contribution < 1.29 is 9.90 Å². The van der Waals surface area contributed by atoms with Crippen LogP contribution in [0.2, 0.25) is 0 Å². The van der Waals surface area contributed by atoms with E-state index in [1.165, 1.54) is 6.42 Å². The molecular weight excluding hydrogens is 226 g/mol. The highest BCUT2D eigenvalue weighted by molar-refractivity contribution is 5.79. The van der Waals surface area contributed by atoms with E-state index in [1.54, 1.807) is 17.0 Å².